The summed E-state index contributed by atoms with van der Waals surface area (Å²) in [5.74, 6) is -1.27. The van der Waals surface area contributed by atoms with Crippen molar-refractivity contribution in [1.29, 1.82) is 0 Å². The molecule has 0 unspecified atom stereocenters. The minimum Gasteiger partial charge on any atom is -0.322 e. The minimum absolute atomic E-state index is 0.00583. The molecule has 0 aliphatic carbocycles. The molecule has 0 aliphatic rings. The Morgan fingerprint density at radius 2 is 1.74 bits per heavy atom. The van der Waals surface area contributed by atoms with Gasteiger partial charge in [0.15, 0.2) is 0 Å². The second-order valence-electron chi connectivity index (χ2n) is 6.90. The molecule has 1 heterocycles. The van der Waals surface area contributed by atoms with Crippen LogP contribution in [0.15, 0.2) is 35.2 Å². The summed E-state index contributed by atoms with van der Waals surface area (Å²) in [5, 5.41) is 2.65. The van der Waals surface area contributed by atoms with Crippen molar-refractivity contribution in [3.05, 3.63) is 58.1 Å². The van der Waals surface area contributed by atoms with E-state index in [1.165, 1.54) is 28.6 Å². The lowest BCUT2D eigenvalue weighted by molar-refractivity contribution is 0.102. The van der Waals surface area contributed by atoms with Crippen LogP contribution in [0.1, 0.15) is 35.6 Å². The van der Waals surface area contributed by atoms with Crippen LogP contribution in [-0.2, 0) is 10.0 Å². The van der Waals surface area contributed by atoms with Gasteiger partial charge in [-0.25, -0.2) is 22.8 Å². The highest BCUT2D eigenvalue weighted by atomic mass is 35.5. The predicted molar refractivity (Wildman–Crippen MR) is 118 cm³/mol. The molecule has 1 aromatic heterocycles. The number of fused-ring (bicyclic) bond motifs is 1. The highest BCUT2D eigenvalue weighted by Crippen LogP contribution is 2.28. The minimum atomic E-state index is -3.84. The van der Waals surface area contributed by atoms with Gasteiger partial charge in [-0.05, 0) is 38.1 Å². The van der Waals surface area contributed by atoms with E-state index < -0.39 is 21.7 Å². The first kappa shape index (κ1) is 23.1. The van der Waals surface area contributed by atoms with Gasteiger partial charge in [-0.15, -0.1) is 0 Å². The molecule has 0 bridgehead atoms. The zero-order valence-electron chi connectivity index (χ0n) is 17.5. The Balaban J connectivity index is 2.03. The van der Waals surface area contributed by atoms with Gasteiger partial charge < -0.3 is 5.32 Å². The molecule has 0 radical (unpaired) electrons. The van der Waals surface area contributed by atoms with Crippen molar-refractivity contribution in [2.45, 2.75) is 32.6 Å². The third-order valence-electron chi connectivity index (χ3n) is 4.90. The zero-order chi connectivity index (χ0) is 22.9. The molecule has 0 atom stereocenters. The molecular formula is C21H22ClFN4O3S. The Hall–Kier alpha value is -2.62. The van der Waals surface area contributed by atoms with Crippen molar-refractivity contribution in [2.24, 2.45) is 0 Å². The van der Waals surface area contributed by atoms with Gasteiger partial charge in [0.25, 0.3) is 5.91 Å². The third-order valence-corrected chi connectivity index (χ3v) is 7.43. The van der Waals surface area contributed by atoms with Crippen LogP contribution in [0.25, 0.3) is 11.0 Å². The number of aryl methyl sites for hydroxylation is 2. The number of rotatable bonds is 6. The summed E-state index contributed by atoms with van der Waals surface area (Å²) in [7, 11) is -3.84. The number of nitrogens with zero attached hydrogens (tertiary/aromatic N) is 3. The van der Waals surface area contributed by atoms with Crippen molar-refractivity contribution in [3.63, 3.8) is 0 Å². The molecule has 1 amide bonds. The van der Waals surface area contributed by atoms with Crippen LogP contribution in [-0.4, -0.2) is 41.7 Å². The molecule has 10 heteroatoms. The van der Waals surface area contributed by atoms with E-state index in [0.29, 0.717) is 11.4 Å². The Morgan fingerprint density at radius 3 is 2.39 bits per heavy atom. The van der Waals surface area contributed by atoms with Crippen molar-refractivity contribution < 1.29 is 17.6 Å². The summed E-state index contributed by atoms with van der Waals surface area (Å²) in [6.07, 6.45) is 0. The first-order valence-electron chi connectivity index (χ1n) is 9.64. The van der Waals surface area contributed by atoms with Gasteiger partial charge >= 0.3 is 0 Å². The molecule has 0 spiro atoms. The quantitative estimate of drug-likeness (QED) is 0.586. The highest BCUT2D eigenvalue weighted by molar-refractivity contribution is 7.89. The van der Waals surface area contributed by atoms with Crippen LogP contribution in [0.4, 0.5) is 10.1 Å². The molecule has 164 valence electrons. The van der Waals surface area contributed by atoms with Crippen LogP contribution >= 0.6 is 11.6 Å². The van der Waals surface area contributed by atoms with E-state index in [2.05, 4.69) is 15.3 Å². The molecule has 7 nitrogen and oxygen atoms in total. The maximum absolute atomic E-state index is 14.1. The summed E-state index contributed by atoms with van der Waals surface area (Å²) < 4.78 is 41.1. The SMILES string of the molecule is CCN(CC)S(=O)(=O)c1cc(NC(=O)c2cc(F)cc3nc(C)c(C)nc23)ccc1Cl. The molecule has 0 fully saturated rings. The lowest BCUT2D eigenvalue weighted by Crippen LogP contribution is -2.30. The van der Waals surface area contributed by atoms with E-state index in [-0.39, 0.29) is 45.3 Å². The summed E-state index contributed by atoms with van der Waals surface area (Å²) in [4.78, 5) is 21.5. The van der Waals surface area contributed by atoms with E-state index in [0.717, 1.165) is 6.07 Å². The maximum Gasteiger partial charge on any atom is 0.258 e. The Morgan fingerprint density at radius 1 is 1.10 bits per heavy atom. The smallest absolute Gasteiger partial charge is 0.258 e. The van der Waals surface area contributed by atoms with Crippen LogP contribution in [0, 0.1) is 19.7 Å². The van der Waals surface area contributed by atoms with Crippen LogP contribution < -0.4 is 5.32 Å². The number of carbonyl (C=O) groups is 1. The van der Waals surface area contributed by atoms with Crippen molar-refractivity contribution in [2.75, 3.05) is 18.4 Å². The number of benzene rings is 2. The van der Waals surface area contributed by atoms with E-state index in [9.17, 15) is 17.6 Å². The van der Waals surface area contributed by atoms with Gasteiger partial charge in [0.2, 0.25) is 10.0 Å². The van der Waals surface area contributed by atoms with Crippen LogP contribution in [0.5, 0.6) is 0 Å². The number of nitrogens with one attached hydrogen (secondary N) is 1. The topological polar surface area (TPSA) is 92.3 Å². The molecule has 1 N–H and O–H groups in total. The Bertz CT molecular complexity index is 1280. The van der Waals surface area contributed by atoms with Gasteiger partial charge in [-0.3, -0.25) is 4.79 Å². The average Bonchev–Trinajstić information content (AvgIpc) is 2.70. The summed E-state index contributed by atoms with van der Waals surface area (Å²) in [6, 6.07) is 6.44. The Kier molecular flexibility index (Phi) is 6.59. The van der Waals surface area contributed by atoms with Gasteiger partial charge in [0.1, 0.15) is 16.2 Å². The fourth-order valence-electron chi connectivity index (χ4n) is 3.15. The summed E-state index contributed by atoms with van der Waals surface area (Å²) in [5.41, 5.74) is 1.96. The fraction of sp³-hybridized carbons (Fsp3) is 0.286. The zero-order valence-corrected chi connectivity index (χ0v) is 19.1. The highest BCUT2D eigenvalue weighted by Gasteiger charge is 2.25. The molecule has 0 aliphatic heterocycles. The van der Waals surface area contributed by atoms with Gasteiger partial charge in [0.05, 0.1) is 27.5 Å². The van der Waals surface area contributed by atoms with Crippen molar-refractivity contribution in [1.82, 2.24) is 14.3 Å². The fourth-order valence-corrected chi connectivity index (χ4v) is 5.11. The second-order valence-corrected chi connectivity index (χ2v) is 9.22. The van der Waals surface area contributed by atoms with Gasteiger partial charge in [-0.2, -0.15) is 4.31 Å². The molecule has 31 heavy (non-hydrogen) atoms. The number of aromatic nitrogens is 2. The largest absolute Gasteiger partial charge is 0.322 e. The molecule has 3 aromatic rings. The number of amides is 1. The second kappa shape index (κ2) is 8.86. The van der Waals surface area contributed by atoms with Crippen molar-refractivity contribution in [3.8, 4) is 0 Å². The first-order valence-corrected chi connectivity index (χ1v) is 11.5. The lowest BCUT2D eigenvalue weighted by atomic mass is 10.1. The lowest BCUT2D eigenvalue weighted by Gasteiger charge is -2.19. The monoisotopic (exact) mass is 464 g/mol. The number of anilines is 1. The summed E-state index contributed by atoms with van der Waals surface area (Å²) >= 11 is 6.14. The number of carbonyl (C=O) groups excluding carboxylic acids is 1. The van der Waals surface area contributed by atoms with Crippen LogP contribution in [0.3, 0.4) is 0 Å². The number of halogens is 2. The van der Waals surface area contributed by atoms with Gasteiger partial charge in [-0.1, -0.05) is 25.4 Å². The molecule has 3 rings (SSSR count). The van der Waals surface area contributed by atoms with E-state index in [4.69, 9.17) is 11.6 Å². The Labute approximate surface area is 185 Å². The van der Waals surface area contributed by atoms with Crippen LogP contribution in [0.2, 0.25) is 5.02 Å². The molecule has 2 aromatic carbocycles. The number of hydrogen-bond donors (Lipinski definition) is 1. The standard InChI is InChI=1S/C21H22ClFN4O3S/c1-5-27(6-2)31(29,30)19-11-15(7-8-17(19)22)26-21(28)16-9-14(23)10-18-20(16)25-13(4)12(3)24-18/h7-11H,5-6H2,1-4H3,(H,26,28). The molecule has 0 saturated carbocycles. The van der Waals surface area contributed by atoms with E-state index in [1.54, 1.807) is 27.7 Å². The van der Waals surface area contributed by atoms with Gasteiger partial charge in [0, 0.05) is 24.8 Å². The summed E-state index contributed by atoms with van der Waals surface area (Å²) in [6.45, 7) is 7.49. The maximum atomic E-state index is 14.1. The van der Waals surface area contributed by atoms with E-state index in [1.807, 2.05) is 0 Å². The molecule has 0 saturated heterocycles. The van der Waals surface area contributed by atoms with Crippen molar-refractivity contribution >= 4 is 44.3 Å². The van der Waals surface area contributed by atoms with E-state index >= 15 is 0 Å². The molecular weight excluding hydrogens is 443 g/mol. The first-order chi connectivity index (χ1) is 14.6. The number of sulfonamides is 1. The predicted octanol–water partition coefficient (Wildman–Crippen LogP) is 4.32. The number of hydrogen-bond acceptors (Lipinski definition) is 5. The normalized spacial score (nSPS) is 11.8. The third kappa shape index (κ3) is 4.53. The average molecular weight is 465 g/mol.